The Bertz CT molecular complexity index is 1020. The van der Waals surface area contributed by atoms with Gasteiger partial charge in [-0.1, -0.05) is 73.3 Å². The third kappa shape index (κ3) is 5.10. The van der Waals surface area contributed by atoms with Crippen LogP contribution in [0.4, 0.5) is 0 Å². The maximum absolute atomic E-state index is 11.5. The molecule has 0 spiro atoms. The highest BCUT2D eigenvalue weighted by molar-refractivity contribution is 7.72. The fraction of sp³-hybridized carbons (Fsp3) is 0.100. The van der Waals surface area contributed by atoms with E-state index < -0.39 is 25.8 Å². The van der Waals surface area contributed by atoms with Crippen molar-refractivity contribution in [1.82, 2.24) is 0 Å². The first-order valence-corrected chi connectivity index (χ1v) is 11.6. The van der Waals surface area contributed by atoms with Crippen LogP contribution >= 0.6 is 15.2 Å². The van der Waals surface area contributed by atoms with E-state index >= 15 is 0 Å². The maximum Gasteiger partial charge on any atom is 0.374 e. The molecular weight excluding hydrogens is 414 g/mol. The summed E-state index contributed by atoms with van der Waals surface area (Å²) in [5.41, 5.74) is 2.91. The monoisotopic (exact) mass is 436 g/mol. The fourth-order valence-corrected chi connectivity index (χ4v) is 4.89. The zero-order valence-corrected chi connectivity index (χ0v) is 17.4. The number of rotatable bonds is 7. The van der Waals surface area contributed by atoms with Crippen LogP contribution in [0, 0.1) is 0 Å². The number of benzene rings is 2. The summed E-state index contributed by atoms with van der Waals surface area (Å²) in [6.07, 6.45) is 3.85. The van der Waals surface area contributed by atoms with Crippen LogP contribution in [-0.2, 0) is 9.13 Å². The predicted octanol–water partition coefficient (Wildman–Crippen LogP) is 3.87. The van der Waals surface area contributed by atoms with Gasteiger partial charge in [0, 0.05) is 5.57 Å². The number of allylic oxidation sites excluding steroid dienone is 3. The molecule has 29 heavy (non-hydrogen) atoms. The lowest BCUT2D eigenvalue weighted by Gasteiger charge is -2.29. The number of hydrogen-bond acceptors (Lipinski definition) is 3. The van der Waals surface area contributed by atoms with Gasteiger partial charge in [-0.05, 0) is 35.3 Å². The Kier molecular flexibility index (Phi) is 6.99. The van der Waals surface area contributed by atoms with Crippen molar-refractivity contribution < 1.29 is 33.8 Å². The molecule has 9 heteroatoms. The molecule has 0 aliphatic carbocycles. The fourth-order valence-electron chi connectivity index (χ4n) is 2.64. The van der Waals surface area contributed by atoms with Gasteiger partial charge in [0.25, 0.3) is 5.08 Å². The summed E-state index contributed by atoms with van der Waals surface area (Å²) < 4.78 is 22.9. The minimum atomic E-state index is -5.61. The molecule has 5 N–H and O–H groups in total. The highest BCUT2D eigenvalue weighted by Gasteiger charge is 2.60. The summed E-state index contributed by atoms with van der Waals surface area (Å²) in [6, 6.07) is 17.4. The van der Waals surface area contributed by atoms with Crippen LogP contribution in [0.2, 0.25) is 0 Å². The molecule has 0 fully saturated rings. The molecule has 2 aromatic carbocycles. The van der Waals surface area contributed by atoms with Gasteiger partial charge < -0.3 is 24.7 Å². The largest absolute Gasteiger partial charge is 0.374 e. The molecule has 0 heterocycles. The third-order valence-electron chi connectivity index (χ3n) is 4.31. The predicted molar refractivity (Wildman–Crippen MR) is 113 cm³/mol. The first kappa shape index (κ1) is 23.2. The lowest BCUT2D eigenvalue weighted by Crippen LogP contribution is -2.29. The van der Waals surface area contributed by atoms with Gasteiger partial charge in [0.15, 0.2) is 0 Å². The average molecular weight is 436 g/mol. The van der Waals surface area contributed by atoms with Crippen molar-refractivity contribution >= 4 is 20.8 Å². The first-order chi connectivity index (χ1) is 13.4. The second kappa shape index (κ2) is 8.74. The molecule has 2 rings (SSSR count). The van der Waals surface area contributed by atoms with Crippen LogP contribution in [0.5, 0.6) is 0 Å². The standard InChI is InChI=1S/C20H22O7P2/c1-15(18-12-7-13-19(14-18)17-10-4-3-5-11-17)8-6-9-16(2)20(21,28(22,23)24)29(25,26)27/h3-14,21H,2H2,1H3,(H2,22,23,24)(H2,25,26,27)/b9-6-,15-8+. The zero-order chi connectivity index (χ0) is 21.9. The molecule has 0 bridgehead atoms. The quantitative estimate of drug-likeness (QED) is 0.328. The van der Waals surface area contributed by atoms with Crippen LogP contribution in [0.1, 0.15) is 12.5 Å². The van der Waals surface area contributed by atoms with E-state index in [4.69, 9.17) is 0 Å². The van der Waals surface area contributed by atoms with E-state index in [0.717, 1.165) is 28.3 Å². The van der Waals surface area contributed by atoms with E-state index in [-0.39, 0.29) is 0 Å². The van der Waals surface area contributed by atoms with Crippen molar-refractivity contribution in [2.24, 2.45) is 0 Å². The number of hydrogen-bond donors (Lipinski definition) is 5. The molecule has 2 aromatic rings. The third-order valence-corrected chi connectivity index (χ3v) is 8.07. The van der Waals surface area contributed by atoms with Gasteiger partial charge in [0.2, 0.25) is 0 Å². The van der Waals surface area contributed by atoms with Gasteiger partial charge in [-0.15, -0.1) is 0 Å². The van der Waals surface area contributed by atoms with E-state index in [0.29, 0.717) is 0 Å². The molecule has 0 atom stereocenters. The topological polar surface area (TPSA) is 135 Å². The van der Waals surface area contributed by atoms with E-state index in [1.807, 2.05) is 54.6 Å². The van der Waals surface area contributed by atoms with Crippen LogP contribution in [0.3, 0.4) is 0 Å². The Labute approximate surface area is 168 Å². The molecule has 0 saturated heterocycles. The van der Waals surface area contributed by atoms with E-state index in [2.05, 4.69) is 6.58 Å². The van der Waals surface area contributed by atoms with Gasteiger partial charge in [0.1, 0.15) is 0 Å². The summed E-state index contributed by atoms with van der Waals surface area (Å²) >= 11 is 0. The van der Waals surface area contributed by atoms with Crippen molar-refractivity contribution in [3.05, 3.63) is 90.5 Å². The van der Waals surface area contributed by atoms with Crippen molar-refractivity contribution in [3.8, 4) is 11.1 Å². The van der Waals surface area contributed by atoms with Crippen LogP contribution < -0.4 is 0 Å². The van der Waals surface area contributed by atoms with Crippen LogP contribution in [0.25, 0.3) is 16.7 Å². The van der Waals surface area contributed by atoms with Crippen molar-refractivity contribution in [2.75, 3.05) is 0 Å². The minimum Gasteiger partial charge on any atom is -0.364 e. The van der Waals surface area contributed by atoms with Crippen LogP contribution in [-0.4, -0.2) is 29.8 Å². The molecule has 0 amide bonds. The Hall–Kier alpha value is -2.08. The summed E-state index contributed by atoms with van der Waals surface area (Å²) in [6.45, 7) is 5.03. The molecule has 7 nitrogen and oxygen atoms in total. The van der Waals surface area contributed by atoms with Crippen LogP contribution in [0.15, 0.2) is 85.0 Å². The molecular formula is C20H22O7P2. The van der Waals surface area contributed by atoms with E-state index in [1.165, 1.54) is 6.08 Å². The summed E-state index contributed by atoms with van der Waals surface area (Å²) in [4.78, 5) is 36.9. The highest BCUT2D eigenvalue weighted by Crippen LogP contribution is 2.70. The molecule has 154 valence electrons. The number of aliphatic hydroxyl groups is 1. The molecule has 0 radical (unpaired) electrons. The van der Waals surface area contributed by atoms with Gasteiger partial charge in [-0.2, -0.15) is 0 Å². The second-order valence-corrected chi connectivity index (χ2v) is 10.2. The Balaban J connectivity index is 2.30. The Morgan fingerprint density at radius 2 is 1.48 bits per heavy atom. The molecule has 0 unspecified atom stereocenters. The van der Waals surface area contributed by atoms with Crippen molar-refractivity contribution in [2.45, 2.75) is 12.0 Å². The molecule has 0 aromatic heterocycles. The zero-order valence-electron chi connectivity index (χ0n) is 15.6. The van der Waals surface area contributed by atoms with Crippen molar-refractivity contribution in [1.29, 1.82) is 0 Å². The summed E-state index contributed by atoms with van der Waals surface area (Å²) in [5, 5.41) is 6.32. The van der Waals surface area contributed by atoms with Gasteiger partial charge in [-0.25, -0.2) is 0 Å². The lowest BCUT2D eigenvalue weighted by atomic mass is 9.99. The normalized spacial score (nSPS) is 13.7. The molecule has 0 saturated carbocycles. The average Bonchev–Trinajstić information content (AvgIpc) is 2.66. The van der Waals surface area contributed by atoms with Crippen molar-refractivity contribution in [3.63, 3.8) is 0 Å². The van der Waals surface area contributed by atoms with E-state index in [9.17, 15) is 33.8 Å². The second-order valence-electron chi connectivity index (χ2n) is 6.40. The minimum absolute atomic E-state index is 0.780. The lowest BCUT2D eigenvalue weighted by molar-refractivity contribution is 0.162. The molecule has 0 aliphatic rings. The summed E-state index contributed by atoms with van der Waals surface area (Å²) in [5.74, 6) is 0. The van der Waals surface area contributed by atoms with Gasteiger partial charge >= 0.3 is 15.2 Å². The van der Waals surface area contributed by atoms with E-state index in [1.54, 1.807) is 13.0 Å². The first-order valence-electron chi connectivity index (χ1n) is 8.42. The Morgan fingerprint density at radius 3 is 2.03 bits per heavy atom. The highest BCUT2D eigenvalue weighted by atomic mass is 31.2. The smallest absolute Gasteiger partial charge is 0.364 e. The Morgan fingerprint density at radius 1 is 0.931 bits per heavy atom. The summed E-state index contributed by atoms with van der Waals surface area (Å²) in [7, 11) is -11.2. The van der Waals surface area contributed by atoms with Gasteiger partial charge in [-0.3, -0.25) is 9.13 Å². The molecule has 0 aliphatic heterocycles. The SMILES string of the molecule is C=C(/C=C\C=C(/C)c1cccc(-c2ccccc2)c1)C(O)(P(=O)(O)O)P(=O)(O)O. The maximum atomic E-state index is 11.5. The van der Waals surface area contributed by atoms with Gasteiger partial charge in [0.05, 0.1) is 0 Å².